The maximum Gasteiger partial charge on any atom is 0.472 e. The minimum atomic E-state index is -4.35. The highest BCUT2D eigenvalue weighted by Gasteiger charge is 2.27. The molecule has 248 valence electrons. The molecule has 9 nitrogen and oxygen atoms in total. The number of allylic oxidation sites excluding steroid dienone is 2. The van der Waals surface area contributed by atoms with Crippen LogP contribution in [0, 0.1) is 0 Å². The molecular weight excluding hydrogens is 557 g/mol. The molecule has 0 aromatic carbocycles. The second-order valence-electron chi connectivity index (χ2n) is 12.2. The van der Waals surface area contributed by atoms with Crippen LogP contribution in [-0.4, -0.2) is 74.9 Å². The van der Waals surface area contributed by atoms with Crippen LogP contribution in [0.3, 0.4) is 0 Å². The third-order valence-electron chi connectivity index (χ3n) is 6.80. The van der Waals surface area contributed by atoms with Crippen molar-refractivity contribution in [2.45, 2.75) is 136 Å². The van der Waals surface area contributed by atoms with E-state index < -0.39 is 26.5 Å². The number of quaternary nitrogens is 1. The topological polar surface area (TPSA) is 108 Å². The minimum absolute atomic E-state index is 0.0321. The average Bonchev–Trinajstić information content (AvgIpc) is 2.92. The van der Waals surface area contributed by atoms with E-state index in [1.165, 1.54) is 38.5 Å². The average molecular weight is 621 g/mol. The van der Waals surface area contributed by atoms with Crippen LogP contribution in [0.15, 0.2) is 12.2 Å². The highest BCUT2D eigenvalue weighted by Crippen LogP contribution is 2.43. The predicted molar refractivity (Wildman–Crippen MR) is 169 cm³/mol. The van der Waals surface area contributed by atoms with Crippen molar-refractivity contribution in [3.8, 4) is 0 Å². The Balaban J connectivity index is 4.53. The number of phosphoric ester groups is 1. The zero-order valence-corrected chi connectivity index (χ0v) is 28.4. The number of hydrogen-bond donors (Lipinski definition) is 1. The molecule has 0 rings (SSSR count). The zero-order valence-electron chi connectivity index (χ0n) is 27.5. The standard InChI is InChI=1S/C32H62NO8P/c1-6-8-10-12-14-15-16-17-19-21-23-25-32(35)41-30(29-40-42(36,37)39-27-26-33(3,4)5)28-38-31(34)24-22-20-18-13-11-9-7-2/h12,14,30H,6-11,13,15-29H2,1-5H3/p+1/b14-12+/t30-/m0/s1. The smallest absolute Gasteiger partial charge is 0.462 e. The third-order valence-corrected chi connectivity index (χ3v) is 7.78. The van der Waals surface area contributed by atoms with Crippen molar-refractivity contribution in [1.29, 1.82) is 0 Å². The van der Waals surface area contributed by atoms with E-state index in [0.717, 1.165) is 57.8 Å². The molecule has 1 unspecified atom stereocenters. The van der Waals surface area contributed by atoms with Crippen LogP contribution in [0.25, 0.3) is 0 Å². The van der Waals surface area contributed by atoms with Gasteiger partial charge in [-0.25, -0.2) is 4.57 Å². The van der Waals surface area contributed by atoms with Gasteiger partial charge >= 0.3 is 19.8 Å². The summed E-state index contributed by atoms with van der Waals surface area (Å²) in [6.45, 7) is 4.29. The van der Waals surface area contributed by atoms with E-state index in [1.807, 2.05) is 21.1 Å². The lowest BCUT2D eigenvalue weighted by molar-refractivity contribution is -0.870. The number of phosphoric acid groups is 1. The first-order chi connectivity index (χ1) is 20.0. The molecule has 0 aliphatic carbocycles. The summed E-state index contributed by atoms with van der Waals surface area (Å²) in [5, 5.41) is 0. The third kappa shape index (κ3) is 28.9. The summed E-state index contributed by atoms with van der Waals surface area (Å²) in [6, 6.07) is 0. The van der Waals surface area contributed by atoms with E-state index in [1.54, 1.807) is 0 Å². The normalized spacial score (nSPS) is 14.1. The van der Waals surface area contributed by atoms with E-state index in [-0.39, 0.29) is 32.0 Å². The first kappa shape index (κ1) is 40.8. The lowest BCUT2D eigenvalue weighted by atomic mass is 10.1. The quantitative estimate of drug-likeness (QED) is 0.0296. The Morgan fingerprint density at radius 2 is 1.24 bits per heavy atom. The number of esters is 2. The van der Waals surface area contributed by atoms with Crippen LogP contribution in [0.4, 0.5) is 0 Å². The number of ether oxygens (including phenoxy) is 2. The molecule has 1 N–H and O–H groups in total. The van der Waals surface area contributed by atoms with Gasteiger partial charge < -0.3 is 18.9 Å². The van der Waals surface area contributed by atoms with Crippen molar-refractivity contribution in [3.63, 3.8) is 0 Å². The van der Waals surface area contributed by atoms with Crippen molar-refractivity contribution in [3.05, 3.63) is 12.2 Å². The van der Waals surface area contributed by atoms with Gasteiger partial charge in [0.2, 0.25) is 0 Å². The van der Waals surface area contributed by atoms with Crippen LogP contribution in [0.1, 0.15) is 129 Å². The molecule has 0 aliphatic rings. The van der Waals surface area contributed by atoms with Crippen molar-refractivity contribution < 1.29 is 42.1 Å². The first-order valence-electron chi connectivity index (χ1n) is 16.4. The van der Waals surface area contributed by atoms with Gasteiger partial charge in [0.15, 0.2) is 6.10 Å². The fraction of sp³-hybridized carbons (Fsp3) is 0.875. The van der Waals surface area contributed by atoms with Crippen molar-refractivity contribution >= 4 is 19.8 Å². The molecule has 0 aliphatic heterocycles. The van der Waals surface area contributed by atoms with E-state index in [0.29, 0.717) is 17.4 Å². The van der Waals surface area contributed by atoms with Crippen LogP contribution >= 0.6 is 7.82 Å². The second-order valence-corrected chi connectivity index (χ2v) is 13.7. The van der Waals surface area contributed by atoms with Gasteiger partial charge in [0.05, 0.1) is 27.7 Å². The van der Waals surface area contributed by atoms with Gasteiger partial charge in [0.25, 0.3) is 0 Å². The van der Waals surface area contributed by atoms with Crippen molar-refractivity contribution in [2.75, 3.05) is 47.5 Å². The number of hydrogen-bond acceptors (Lipinski definition) is 7. The number of nitrogens with zero attached hydrogens (tertiary/aromatic N) is 1. The van der Waals surface area contributed by atoms with Gasteiger partial charge in [-0.1, -0.05) is 96.6 Å². The van der Waals surface area contributed by atoms with Crippen LogP contribution < -0.4 is 0 Å². The van der Waals surface area contributed by atoms with Gasteiger partial charge in [0, 0.05) is 12.8 Å². The highest BCUT2D eigenvalue weighted by molar-refractivity contribution is 7.47. The number of carbonyl (C=O) groups excluding carboxylic acids is 2. The summed E-state index contributed by atoms with van der Waals surface area (Å²) in [7, 11) is 1.47. The predicted octanol–water partition coefficient (Wildman–Crippen LogP) is 7.90. The fourth-order valence-electron chi connectivity index (χ4n) is 4.11. The Morgan fingerprint density at radius 1 is 0.714 bits per heavy atom. The summed E-state index contributed by atoms with van der Waals surface area (Å²) < 4.78 is 33.9. The van der Waals surface area contributed by atoms with E-state index in [2.05, 4.69) is 26.0 Å². The van der Waals surface area contributed by atoms with Gasteiger partial charge in [0.1, 0.15) is 19.8 Å². The monoisotopic (exact) mass is 620 g/mol. The fourth-order valence-corrected chi connectivity index (χ4v) is 4.85. The molecule has 0 fully saturated rings. The molecule has 0 heterocycles. The molecule has 0 spiro atoms. The van der Waals surface area contributed by atoms with Crippen molar-refractivity contribution in [1.82, 2.24) is 0 Å². The first-order valence-corrected chi connectivity index (χ1v) is 17.9. The zero-order chi connectivity index (χ0) is 31.5. The van der Waals surface area contributed by atoms with E-state index in [9.17, 15) is 19.0 Å². The van der Waals surface area contributed by atoms with Crippen LogP contribution in [0.2, 0.25) is 0 Å². The lowest BCUT2D eigenvalue weighted by Gasteiger charge is -2.24. The SMILES string of the molecule is CCCC/C=C/CCCCCCCC(=O)O[C@@H](COC(=O)CCCCCCCCC)COP(=O)(O)OCC[N+](C)(C)C. The minimum Gasteiger partial charge on any atom is -0.462 e. The molecule has 10 heteroatoms. The molecule has 2 atom stereocenters. The molecule has 42 heavy (non-hydrogen) atoms. The molecule has 0 radical (unpaired) electrons. The van der Waals surface area contributed by atoms with E-state index in [4.69, 9.17) is 18.5 Å². The molecule has 0 saturated carbocycles. The maximum atomic E-state index is 12.5. The Labute approximate surface area is 256 Å². The molecule has 0 saturated heterocycles. The molecule has 0 amide bonds. The molecule has 0 aromatic heterocycles. The number of rotatable bonds is 29. The summed E-state index contributed by atoms with van der Waals surface area (Å²) in [4.78, 5) is 34.8. The molecular formula is C32H63NO8P+. The Bertz CT molecular complexity index is 753. The summed E-state index contributed by atoms with van der Waals surface area (Å²) in [6.07, 6.45) is 21.4. The summed E-state index contributed by atoms with van der Waals surface area (Å²) in [5.74, 6) is -0.819. The molecule has 0 aromatic rings. The highest BCUT2D eigenvalue weighted by atomic mass is 31.2. The summed E-state index contributed by atoms with van der Waals surface area (Å²) in [5.41, 5.74) is 0. The molecule has 0 bridgehead atoms. The number of carbonyl (C=O) groups is 2. The Hall–Kier alpha value is -1.25. The number of likely N-dealkylation sites (N-methyl/N-ethyl adjacent to an activating group) is 1. The Kier molecular flexibility index (Phi) is 25.4. The van der Waals surface area contributed by atoms with Crippen LogP contribution in [0.5, 0.6) is 0 Å². The van der Waals surface area contributed by atoms with Gasteiger partial charge in [-0.15, -0.1) is 0 Å². The Morgan fingerprint density at radius 3 is 1.83 bits per heavy atom. The van der Waals surface area contributed by atoms with E-state index >= 15 is 0 Å². The van der Waals surface area contributed by atoms with Gasteiger partial charge in [-0.05, 0) is 32.1 Å². The maximum absolute atomic E-state index is 12.5. The van der Waals surface area contributed by atoms with Gasteiger partial charge in [-0.2, -0.15) is 0 Å². The second kappa shape index (κ2) is 26.2. The largest absolute Gasteiger partial charge is 0.472 e. The lowest BCUT2D eigenvalue weighted by Crippen LogP contribution is -2.37. The van der Waals surface area contributed by atoms with Crippen molar-refractivity contribution in [2.24, 2.45) is 0 Å². The van der Waals surface area contributed by atoms with Crippen LogP contribution in [-0.2, 0) is 32.7 Å². The van der Waals surface area contributed by atoms with Gasteiger partial charge in [-0.3, -0.25) is 18.6 Å². The summed E-state index contributed by atoms with van der Waals surface area (Å²) >= 11 is 0. The number of unbranched alkanes of at least 4 members (excludes halogenated alkanes) is 13.